The van der Waals surface area contributed by atoms with Crippen molar-refractivity contribution < 1.29 is 0 Å². The Balaban J connectivity index is 2.62. The monoisotopic (exact) mass is 223 g/mol. The number of hydrogen-bond acceptors (Lipinski definition) is 2. The van der Waals surface area contributed by atoms with Crippen LogP contribution in [0.4, 0.5) is 0 Å². The van der Waals surface area contributed by atoms with Gasteiger partial charge in [0.25, 0.3) is 0 Å². The van der Waals surface area contributed by atoms with E-state index in [1.165, 1.54) is 5.56 Å². The van der Waals surface area contributed by atoms with E-state index in [9.17, 15) is 0 Å². The first-order valence-electron chi connectivity index (χ1n) is 5.04. The van der Waals surface area contributed by atoms with Crippen LogP contribution in [-0.2, 0) is 0 Å². The molecule has 0 saturated heterocycles. The number of fused-ring (bicyclic) bond motifs is 1. The molecular formula is C11H14ClN3. The lowest BCUT2D eigenvalue weighted by molar-refractivity contribution is 0.681. The molecule has 0 fully saturated rings. The summed E-state index contributed by atoms with van der Waals surface area (Å²) in [4.78, 5) is 4.19. The maximum atomic E-state index is 6.12. The molecule has 0 amide bonds. The third-order valence-corrected chi connectivity index (χ3v) is 3.08. The van der Waals surface area contributed by atoms with E-state index in [-0.39, 0.29) is 11.3 Å². The van der Waals surface area contributed by atoms with Gasteiger partial charge in [0, 0.05) is 17.0 Å². The second-order valence-corrected chi connectivity index (χ2v) is 4.64. The highest BCUT2D eigenvalue weighted by atomic mass is 35.5. The van der Waals surface area contributed by atoms with Gasteiger partial charge in [-0.15, -0.1) is 11.6 Å². The average Bonchev–Trinajstić information content (AvgIpc) is 2.62. The maximum Gasteiger partial charge on any atom is 0.155 e. The van der Waals surface area contributed by atoms with Crippen molar-refractivity contribution >= 4 is 17.2 Å². The van der Waals surface area contributed by atoms with Crippen LogP contribution in [0.3, 0.4) is 0 Å². The van der Waals surface area contributed by atoms with Gasteiger partial charge in [-0.05, 0) is 31.5 Å². The number of pyridine rings is 1. The molecule has 0 radical (unpaired) electrons. The van der Waals surface area contributed by atoms with Crippen LogP contribution in [0, 0.1) is 6.92 Å². The first-order valence-corrected chi connectivity index (χ1v) is 5.47. The molecule has 0 bridgehead atoms. The number of alkyl halides is 1. The lowest BCUT2D eigenvalue weighted by atomic mass is 10.0. The number of hydrogen-bond donors (Lipinski definition) is 0. The SMILES string of the molecule is Cc1cc(C(C)C(C)Cl)n2ncnc2c1. The predicted molar refractivity (Wildman–Crippen MR) is 61.5 cm³/mol. The van der Waals surface area contributed by atoms with Gasteiger partial charge >= 0.3 is 0 Å². The van der Waals surface area contributed by atoms with E-state index in [1.54, 1.807) is 6.33 Å². The number of aromatic nitrogens is 3. The van der Waals surface area contributed by atoms with Crippen LogP contribution in [0.1, 0.15) is 31.0 Å². The molecule has 0 spiro atoms. The Morgan fingerprint density at radius 2 is 2.07 bits per heavy atom. The van der Waals surface area contributed by atoms with Crippen LogP contribution in [-0.4, -0.2) is 20.0 Å². The Kier molecular flexibility index (Phi) is 2.65. The van der Waals surface area contributed by atoms with Crippen LogP contribution >= 0.6 is 11.6 Å². The van der Waals surface area contributed by atoms with E-state index in [2.05, 4.69) is 30.0 Å². The zero-order valence-corrected chi connectivity index (χ0v) is 9.86. The average molecular weight is 224 g/mol. The van der Waals surface area contributed by atoms with Crippen LogP contribution in [0.2, 0.25) is 0 Å². The summed E-state index contributed by atoms with van der Waals surface area (Å²) in [5.74, 6) is 0.260. The molecule has 2 unspecified atom stereocenters. The fraction of sp³-hybridized carbons (Fsp3) is 0.455. The second kappa shape index (κ2) is 3.81. The first kappa shape index (κ1) is 10.4. The lowest BCUT2D eigenvalue weighted by Gasteiger charge is -2.15. The van der Waals surface area contributed by atoms with E-state index in [0.717, 1.165) is 11.3 Å². The molecular weight excluding hydrogens is 210 g/mol. The van der Waals surface area contributed by atoms with Crippen molar-refractivity contribution in [3.63, 3.8) is 0 Å². The molecule has 0 N–H and O–H groups in total. The van der Waals surface area contributed by atoms with Gasteiger partial charge in [-0.2, -0.15) is 5.10 Å². The summed E-state index contributed by atoms with van der Waals surface area (Å²) in [5.41, 5.74) is 3.19. The molecule has 0 aromatic carbocycles. The van der Waals surface area contributed by atoms with Gasteiger partial charge in [0.1, 0.15) is 6.33 Å². The summed E-state index contributed by atoms with van der Waals surface area (Å²) < 4.78 is 1.86. The van der Waals surface area contributed by atoms with Crippen molar-refractivity contribution in [3.8, 4) is 0 Å². The van der Waals surface area contributed by atoms with Gasteiger partial charge in [-0.3, -0.25) is 0 Å². The Morgan fingerprint density at radius 3 is 2.73 bits per heavy atom. The van der Waals surface area contributed by atoms with Crippen LogP contribution in [0.5, 0.6) is 0 Å². The minimum Gasteiger partial charge on any atom is -0.218 e. The summed E-state index contributed by atoms with van der Waals surface area (Å²) in [6.45, 7) is 6.16. The minimum atomic E-state index is 0.0826. The predicted octanol–water partition coefficient (Wildman–Crippen LogP) is 2.77. The van der Waals surface area contributed by atoms with Crippen molar-refractivity contribution in [2.45, 2.75) is 32.1 Å². The van der Waals surface area contributed by atoms with E-state index in [1.807, 2.05) is 17.5 Å². The Labute approximate surface area is 94.1 Å². The third-order valence-electron chi connectivity index (χ3n) is 2.71. The maximum absolute atomic E-state index is 6.12. The largest absolute Gasteiger partial charge is 0.218 e. The normalized spacial score (nSPS) is 15.5. The van der Waals surface area contributed by atoms with E-state index >= 15 is 0 Å². The van der Waals surface area contributed by atoms with Gasteiger partial charge in [0.15, 0.2) is 5.65 Å². The molecule has 0 saturated carbocycles. The molecule has 2 heterocycles. The Morgan fingerprint density at radius 1 is 1.33 bits per heavy atom. The zero-order valence-electron chi connectivity index (χ0n) is 9.11. The van der Waals surface area contributed by atoms with Crippen molar-refractivity contribution in [2.75, 3.05) is 0 Å². The zero-order chi connectivity index (χ0) is 11.0. The van der Waals surface area contributed by atoms with Crippen LogP contribution in [0.25, 0.3) is 5.65 Å². The first-order chi connectivity index (χ1) is 7.09. The fourth-order valence-corrected chi connectivity index (χ4v) is 1.78. The summed E-state index contributed by atoms with van der Waals surface area (Å²) in [5, 5.41) is 4.29. The summed E-state index contributed by atoms with van der Waals surface area (Å²) in [6.07, 6.45) is 1.57. The molecule has 2 aromatic heterocycles. The van der Waals surface area contributed by atoms with E-state index in [4.69, 9.17) is 11.6 Å². The molecule has 15 heavy (non-hydrogen) atoms. The smallest absolute Gasteiger partial charge is 0.155 e. The number of rotatable bonds is 2. The number of halogens is 1. The molecule has 2 atom stereocenters. The summed E-state index contributed by atoms with van der Waals surface area (Å²) in [7, 11) is 0. The topological polar surface area (TPSA) is 30.2 Å². The quantitative estimate of drug-likeness (QED) is 0.733. The molecule has 0 aliphatic carbocycles. The molecule has 0 aliphatic heterocycles. The van der Waals surface area contributed by atoms with E-state index in [0.29, 0.717) is 0 Å². The number of aryl methyl sites for hydroxylation is 1. The number of nitrogens with zero attached hydrogens (tertiary/aromatic N) is 3. The van der Waals surface area contributed by atoms with Gasteiger partial charge in [0.2, 0.25) is 0 Å². The third kappa shape index (κ3) is 1.84. The van der Waals surface area contributed by atoms with Crippen LogP contribution < -0.4 is 0 Å². The Hall–Kier alpha value is -1.09. The standard InChI is InChI=1S/C11H14ClN3/c1-7-4-10(8(2)9(3)12)15-11(5-7)13-6-14-15/h4-6,8-9H,1-3H3. The summed E-state index contributed by atoms with van der Waals surface area (Å²) in [6, 6.07) is 4.13. The van der Waals surface area contributed by atoms with Crippen molar-refractivity contribution in [1.29, 1.82) is 0 Å². The molecule has 3 nitrogen and oxygen atoms in total. The van der Waals surface area contributed by atoms with Crippen molar-refractivity contribution in [1.82, 2.24) is 14.6 Å². The van der Waals surface area contributed by atoms with Crippen molar-refractivity contribution in [2.24, 2.45) is 0 Å². The molecule has 2 rings (SSSR count). The summed E-state index contributed by atoms with van der Waals surface area (Å²) >= 11 is 6.12. The molecule has 2 aromatic rings. The van der Waals surface area contributed by atoms with Gasteiger partial charge in [-0.25, -0.2) is 9.50 Å². The van der Waals surface area contributed by atoms with Crippen molar-refractivity contribution in [3.05, 3.63) is 29.7 Å². The molecule has 0 aliphatic rings. The van der Waals surface area contributed by atoms with Gasteiger partial charge < -0.3 is 0 Å². The molecule has 4 heteroatoms. The minimum absolute atomic E-state index is 0.0826. The van der Waals surface area contributed by atoms with Gasteiger partial charge in [-0.1, -0.05) is 6.92 Å². The van der Waals surface area contributed by atoms with Crippen LogP contribution in [0.15, 0.2) is 18.5 Å². The Bertz CT molecular complexity index is 476. The highest BCUT2D eigenvalue weighted by molar-refractivity contribution is 6.20. The lowest BCUT2D eigenvalue weighted by Crippen LogP contribution is -2.11. The van der Waals surface area contributed by atoms with Gasteiger partial charge in [0.05, 0.1) is 0 Å². The second-order valence-electron chi connectivity index (χ2n) is 3.95. The molecule has 80 valence electrons. The van der Waals surface area contributed by atoms with E-state index < -0.39 is 0 Å². The fourth-order valence-electron chi connectivity index (χ4n) is 1.65. The highest BCUT2D eigenvalue weighted by Gasteiger charge is 2.16. The highest BCUT2D eigenvalue weighted by Crippen LogP contribution is 2.24.